The van der Waals surface area contributed by atoms with Crippen LogP contribution in [0.5, 0.6) is 5.75 Å². The lowest BCUT2D eigenvalue weighted by atomic mass is 9.98. The molecule has 5 heterocycles. The lowest BCUT2D eigenvalue weighted by Gasteiger charge is -2.47. The molecule has 0 saturated carbocycles. The molecule has 6 rings (SSSR count). The van der Waals surface area contributed by atoms with Crippen LogP contribution in [0, 0.1) is 18.6 Å². The molecular formula is C31H31F3N6O3. The van der Waals surface area contributed by atoms with Gasteiger partial charge in [0, 0.05) is 30.7 Å². The maximum Gasteiger partial charge on any atom is 0.283 e. The van der Waals surface area contributed by atoms with Crippen LogP contribution in [0.15, 0.2) is 41.3 Å². The minimum absolute atomic E-state index is 0.0136. The van der Waals surface area contributed by atoms with Crippen molar-refractivity contribution in [3.05, 3.63) is 69.8 Å². The first-order valence-corrected chi connectivity index (χ1v) is 14.1. The van der Waals surface area contributed by atoms with E-state index in [9.17, 15) is 19.1 Å². The Kier molecular flexibility index (Phi) is 7.11. The zero-order valence-electron chi connectivity index (χ0n) is 24.2. The van der Waals surface area contributed by atoms with Crippen LogP contribution in [0.25, 0.3) is 28.0 Å². The molecule has 2 atom stereocenters. The van der Waals surface area contributed by atoms with Crippen LogP contribution < -0.4 is 20.7 Å². The molecule has 1 aromatic carbocycles. The summed E-state index contributed by atoms with van der Waals surface area (Å²) in [5, 5.41) is 14.0. The van der Waals surface area contributed by atoms with E-state index in [0.717, 1.165) is 17.0 Å². The average Bonchev–Trinajstić information content (AvgIpc) is 2.95. The quantitative estimate of drug-likeness (QED) is 0.355. The lowest BCUT2D eigenvalue weighted by Crippen LogP contribution is -2.65. The van der Waals surface area contributed by atoms with Gasteiger partial charge in [0.2, 0.25) is 0 Å². The molecular weight excluding hydrogens is 561 g/mol. The fourth-order valence-corrected chi connectivity index (χ4v) is 6.18. The topological polar surface area (TPSA) is 104 Å². The van der Waals surface area contributed by atoms with Crippen molar-refractivity contribution in [1.82, 2.24) is 19.9 Å². The molecule has 9 nitrogen and oxygen atoms in total. The van der Waals surface area contributed by atoms with E-state index in [4.69, 9.17) is 0 Å². The van der Waals surface area contributed by atoms with Gasteiger partial charge in [-0.2, -0.15) is 0 Å². The lowest BCUT2D eigenvalue weighted by molar-refractivity contribution is -0.120. The van der Waals surface area contributed by atoms with Crippen LogP contribution in [0.4, 0.5) is 24.5 Å². The number of halogens is 3. The van der Waals surface area contributed by atoms with Gasteiger partial charge in [-0.05, 0) is 49.6 Å². The van der Waals surface area contributed by atoms with Crippen molar-refractivity contribution < 1.29 is 23.1 Å². The van der Waals surface area contributed by atoms with E-state index >= 15 is 8.78 Å². The number of amides is 1. The van der Waals surface area contributed by atoms with Crippen molar-refractivity contribution in [2.75, 3.05) is 36.1 Å². The molecule has 0 unspecified atom stereocenters. The molecule has 12 heteroatoms. The molecule has 3 aromatic heterocycles. The largest absolute Gasteiger partial charge is 0.507 e. The van der Waals surface area contributed by atoms with E-state index in [2.05, 4.69) is 15.3 Å². The second kappa shape index (κ2) is 10.7. The third-order valence-electron chi connectivity index (χ3n) is 8.13. The zero-order chi connectivity index (χ0) is 30.7. The third-order valence-corrected chi connectivity index (χ3v) is 8.13. The third kappa shape index (κ3) is 4.43. The number of nitrogens with one attached hydrogen (secondary N) is 1. The Morgan fingerprint density at radius 1 is 1.12 bits per heavy atom. The van der Waals surface area contributed by atoms with Gasteiger partial charge in [-0.1, -0.05) is 19.9 Å². The van der Waals surface area contributed by atoms with Gasteiger partial charge in [0.1, 0.15) is 35.7 Å². The summed E-state index contributed by atoms with van der Waals surface area (Å²) in [6.45, 7) is 6.79. The number of hydrogen-bond donors (Lipinski definition) is 2. The number of anilines is 2. The molecule has 43 heavy (non-hydrogen) atoms. The van der Waals surface area contributed by atoms with E-state index in [1.165, 1.54) is 16.7 Å². The summed E-state index contributed by atoms with van der Waals surface area (Å²) in [6.07, 6.45) is 1.61. The number of alkyl halides is 1. The normalized spacial score (nSPS) is 18.4. The number of carbonyl (C=O) groups excluding carboxylic acids is 1. The SMILES string of the molecule is Cc1ccnc(C(C)C)c1-n1c(=O)c2c(c3cc(F)c(-c4c(O)cccc4F)nc31)N1C[C@@H](C)NC[C@@H]1C(=O)N2CCF. The van der Waals surface area contributed by atoms with Gasteiger partial charge in [-0.3, -0.25) is 19.1 Å². The number of fused-ring (bicyclic) bond motifs is 5. The number of aromatic hydroxyl groups is 1. The Morgan fingerprint density at radius 2 is 1.88 bits per heavy atom. The summed E-state index contributed by atoms with van der Waals surface area (Å²) in [5.41, 5.74) is 0.118. The Hall–Kier alpha value is -4.45. The Labute approximate surface area is 245 Å². The summed E-state index contributed by atoms with van der Waals surface area (Å²) >= 11 is 0. The van der Waals surface area contributed by atoms with Gasteiger partial charge in [0.05, 0.1) is 29.2 Å². The van der Waals surface area contributed by atoms with Crippen LogP contribution in [-0.2, 0) is 4.79 Å². The predicted molar refractivity (Wildman–Crippen MR) is 158 cm³/mol. The molecule has 0 bridgehead atoms. The van der Waals surface area contributed by atoms with Crippen molar-refractivity contribution in [2.45, 2.75) is 45.7 Å². The molecule has 4 aromatic rings. The summed E-state index contributed by atoms with van der Waals surface area (Å²) in [7, 11) is 0. The minimum atomic E-state index is -0.944. The maximum absolute atomic E-state index is 16.1. The number of piperazine rings is 1. The number of pyridine rings is 3. The highest BCUT2D eigenvalue weighted by Crippen LogP contribution is 2.43. The van der Waals surface area contributed by atoms with Crippen molar-refractivity contribution in [3.8, 4) is 22.7 Å². The van der Waals surface area contributed by atoms with Gasteiger partial charge in [0.15, 0.2) is 11.5 Å². The first kappa shape index (κ1) is 28.7. The minimum Gasteiger partial charge on any atom is -0.507 e. The van der Waals surface area contributed by atoms with E-state index in [0.29, 0.717) is 23.5 Å². The Bertz CT molecular complexity index is 1820. The smallest absolute Gasteiger partial charge is 0.283 e. The van der Waals surface area contributed by atoms with Gasteiger partial charge >= 0.3 is 0 Å². The predicted octanol–water partition coefficient (Wildman–Crippen LogP) is 4.35. The van der Waals surface area contributed by atoms with Crippen LogP contribution in [0.1, 0.15) is 37.9 Å². The number of aromatic nitrogens is 3. The zero-order valence-corrected chi connectivity index (χ0v) is 24.2. The van der Waals surface area contributed by atoms with Crippen molar-refractivity contribution in [3.63, 3.8) is 0 Å². The highest BCUT2D eigenvalue weighted by molar-refractivity contribution is 6.12. The van der Waals surface area contributed by atoms with E-state index in [1.807, 2.05) is 20.8 Å². The van der Waals surface area contributed by atoms with Gasteiger partial charge < -0.3 is 20.2 Å². The van der Waals surface area contributed by atoms with Crippen LogP contribution in [0.2, 0.25) is 0 Å². The van der Waals surface area contributed by atoms with E-state index in [1.54, 1.807) is 24.1 Å². The Balaban J connectivity index is 1.82. The molecule has 1 fully saturated rings. The van der Waals surface area contributed by atoms with Gasteiger partial charge in [-0.15, -0.1) is 0 Å². The van der Waals surface area contributed by atoms with Crippen molar-refractivity contribution >= 4 is 28.3 Å². The summed E-state index contributed by atoms with van der Waals surface area (Å²) in [4.78, 5) is 40.4. The number of benzene rings is 1. The number of aryl methyl sites for hydroxylation is 1. The first-order chi connectivity index (χ1) is 20.5. The monoisotopic (exact) mass is 592 g/mol. The number of phenols is 1. The Morgan fingerprint density at radius 3 is 2.58 bits per heavy atom. The second-order valence-corrected chi connectivity index (χ2v) is 11.3. The fourth-order valence-electron chi connectivity index (χ4n) is 6.18. The molecule has 224 valence electrons. The van der Waals surface area contributed by atoms with E-state index in [-0.39, 0.29) is 47.5 Å². The van der Waals surface area contributed by atoms with Crippen LogP contribution in [0.3, 0.4) is 0 Å². The highest BCUT2D eigenvalue weighted by atomic mass is 19.1. The maximum atomic E-state index is 16.1. The highest BCUT2D eigenvalue weighted by Gasteiger charge is 2.44. The summed E-state index contributed by atoms with van der Waals surface area (Å²) in [6, 6.07) is 5.60. The molecule has 0 radical (unpaired) electrons. The van der Waals surface area contributed by atoms with Crippen LogP contribution >= 0.6 is 0 Å². The standard InChI is InChI=1S/C31H31F3N6O3/c1-15(2)24-26(16(3)8-10-35-24)40-29-18(12-20(34)25(37-29)23-19(33)6-5-7-22(23)41)27-28(31(40)43)38(11-9-32)30(42)21-13-36-17(4)14-39(21)27/h5-8,10,12,15,17,21,36,41H,9,11,13-14H2,1-4H3/t17-,21-/m1/s1. The number of carbonyl (C=O) groups is 1. The van der Waals surface area contributed by atoms with E-state index < -0.39 is 52.8 Å². The van der Waals surface area contributed by atoms with Crippen molar-refractivity contribution in [1.29, 1.82) is 0 Å². The van der Waals surface area contributed by atoms with Gasteiger partial charge in [0.25, 0.3) is 11.5 Å². The fraction of sp³-hybridized carbons (Fsp3) is 0.355. The molecule has 0 spiro atoms. The van der Waals surface area contributed by atoms with Crippen molar-refractivity contribution in [2.24, 2.45) is 0 Å². The summed E-state index contributed by atoms with van der Waals surface area (Å²) < 4.78 is 46.3. The molecule has 2 aliphatic heterocycles. The molecule has 1 saturated heterocycles. The molecule has 0 aliphatic carbocycles. The molecule has 2 N–H and O–H groups in total. The van der Waals surface area contributed by atoms with Gasteiger partial charge in [-0.25, -0.2) is 18.2 Å². The molecule has 1 amide bonds. The number of rotatable bonds is 5. The van der Waals surface area contributed by atoms with Crippen LogP contribution in [-0.4, -0.2) is 63.9 Å². The number of nitrogens with zero attached hydrogens (tertiary/aromatic N) is 5. The first-order valence-electron chi connectivity index (χ1n) is 14.1. The number of phenolic OH excluding ortho intramolecular Hbond substituents is 1. The second-order valence-electron chi connectivity index (χ2n) is 11.3. The summed E-state index contributed by atoms with van der Waals surface area (Å²) in [5.74, 6) is -2.96. The number of hydrogen-bond acceptors (Lipinski definition) is 7. The average molecular weight is 593 g/mol. The molecule has 2 aliphatic rings.